The lowest BCUT2D eigenvalue weighted by Gasteiger charge is -2.13. The Morgan fingerprint density at radius 2 is 1.86 bits per heavy atom. The minimum absolute atomic E-state index is 0.133. The maximum absolute atomic E-state index is 13.7. The van der Waals surface area contributed by atoms with Crippen molar-refractivity contribution in [2.45, 2.75) is 13.0 Å². The summed E-state index contributed by atoms with van der Waals surface area (Å²) < 4.78 is 28.3. The molecule has 3 amide bonds. The SMILES string of the molecule is O=C(CNC(=O)c1cc2cccnc2n(Cc2ccc(F)c(F)c2)c1=O)Nc1ccc2c(c1)CC(=O)N2. The number of rotatable bonds is 6. The molecule has 0 unspecified atom stereocenters. The van der Waals surface area contributed by atoms with Gasteiger partial charge in [-0.05, 0) is 59.7 Å². The number of aromatic nitrogens is 2. The molecule has 5 rings (SSSR count). The minimum atomic E-state index is -1.06. The summed E-state index contributed by atoms with van der Waals surface area (Å²) in [5.41, 5.74) is 1.51. The van der Waals surface area contributed by atoms with Gasteiger partial charge in [0, 0.05) is 23.0 Å². The van der Waals surface area contributed by atoms with Crippen LogP contribution >= 0.6 is 0 Å². The second-order valence-corrected chi connectivity index (χ2v) is 8.44. The highest BCUT2D eigenvalue weighted by Gasteiger charge is 2.20. The molecule has 4 aromatic rings. The summed E-state index contributed by atoms with van der Waals surface area (Å²) in [4.78, 5) is 54.2. The summed E-state index contributed by atoms with van der Waals surface area (Å²) in [6.45, 7) is -0.568. The summed E-state index contributed by atoms with van der Waals surface area (Å²) in [6, 6.07) is 12.9. The lowest BCUT2D eigenvalue weighted by atomic mass is 10.1. The van der Waals surface area contributed by atoms with Gasteiger partial charge in [-0.2, -0.15) is 0 Å². The van der Waals surface area contributed by atoms with Gasteiger partial charge in [0.2, 0.25) is 11.8 Å². The summed E-state index contributed by atoms with van der Waals surface area (Å²) in [7, 11) is 0. The van der Waals surface area contributed by atoms with Crippen molar-refractivity contribution in [3.8, 4) is 0 Å². The van der Waals surface area contributed by atoms with E-state index in [-0.39, 0.29) is 30.1 Å². The molecule has 0 aliphatic carbocycles. The average molecular weight is 503 g/mol. The molecule has 1 aliphatic rings. The summed E-state index contributed by atoms with van der Waals surface area (Å²) in [6.07, 6.45) is 1.68. The molecule has 0 saturated heterocycles. The van der Waals surface area contributed by atoms with Crippen LogP contribution in [-0.2, 0) is 22.6 Å². The topological polar surface area (TPSA) is 122 Å². The highest BCUT2D eigenvalue weighted by atomic mass is 19.2. The molecule has 2 aromatic carbocycles. The van der Waals surface area contributed by atoms with E-state index >= 15 is 0 Å². The third-order valence-corrected chi connectivity index (χ3v) is 5.84. The van der Waals surface area contributed by atoms with Crippen LogP contribution in [-0.4, -0.2) is 33.8 Å². The number of hydrogen-bond acceptors (Lipinski definition) is 5. The Bertz CT molecular complexity index is 1650. The summed E-state index contributed by atoms with van der Waals surface area (Å²) in [5.74, 6) is -3.53. The van der Waals surface area contributed by atoms with Crippen LogP contribution in [0.5, 0.6) is 0 Å². The molecule has 3 heterocycles. The largest absolute Gasteiger partial charge is 0.343 e. The van der Waals surface area contributed by atoms with Gasteiger partial charge in [0.15, 0.2) is 11.6 Å². The second kappa shape index (κ2) is 9.61. The van der Waals surface area contributed by atoms with Crippen molar-refractivity contribution in [1.82, 2.24) is 14.9 Å². The van der Waals surface area contributed by atoms with E-state index in [1.54, 1.807) is 30.3 Å². The van der Waals surface area contributed by atoms with Crippen molar-refractivity contribution in [2.75, 3.05) is 17.2 Å². The van der Waals surface area contributed by atoms with E-state index in [0.717, 1.165) is 17.7 Å². The van der Waals surface area contributed by atoms with Crippen LogP contribution in [0.2, 0.25) is 0 Å². The third kappa shape index (κ3) is 4.92. The fourth-order valence-corrected chi connectivity index (χ4v) is 4.10. The molecular formula is C26H19F2N5O4. The fraction of sp³-hybridized carbons (Fsp3) is 0.115. The van der Waals surface area contributed by atoms with Gasteiger partial charge >= 0.3 is 0 Å². The van der Waals surface area contributed by atoms with Gasteiger partial charge in [0.1, 0.15) is 11.2 Å². The Morgan fingerprint density at radius 1 is 1.03 bits per heavy atom. The second-order valence-electron chi connectivity index (χ2n) is 8.44. The van der Waals surface area contributed by atoms with Gasteiger partial charge in [-0.1, -0.05) is 6.07 Å². The van der Waals surface area contributed by atoms with Crippen molar-refractivity contribution in [3.63, 3.8) is 0 Å². The Hall–Kier alpha value is -4.93. The number of halogens is 2. The van der Waals surface area contributed by atoms with E-state index in [4.69, 9.17) is 0 Å². The number of carbonyl (C=O) groups excluding carboxylic acids is 3. The Morgan fingerprint density at radius 3 is 2.68 bits per heavy atom. The monoisotopic (exact) mass is 503 g/mol. The maximum atomic E-state index is 13.7. The summed E-state index contributed by atoms with van der Waals surface area (Å²) >= 11 is 0. The maximum Gasteiger partial charge on any atom is 0.265 e. The number of anilines is 2. The molecule has 0 spiro atoms. The number of fused-ring (bicyclic) bond motifs is 2. The molecule has 1 aliphatic heterocycles. The number of hydrogen-bond donors (Lipinski definition) is 3. The molecule has 0 fully saturated rings. The minimum Gasteiger partial charge on any atom is -0.343 e. The lowest BCUT2D eigenvalue weighted by Crippen LogP contribution is -2.37. The van der Waals surface area contributed by atoms with Crippen molar-refractivity contribution >= 4 is 40.1 Å². The van der Waals surface area contributed by atoms with Crippen LogP contribution in [0.1, 0.15) is 21.5 Å². The quantitative estimate of drug-likeness (QED) is 0.373. The van der Waals surface area contributed by atoms with E-state index in [1.165, 1.54) is 22.9 Å². The van der Waals surface area contributed by atoms with Gasteiger partial charge in [0.05, 0.1) is 19.5 Å². The number of carbonyl (C=O) groups is 3. The van der Waals surface area contributed by atoms with Crippen LogP contribution in [0.15, 0.2) is 65.6 Å². The number of pyridine rings is 2. The first-order valence-corrected chi connectivity index (χ1v) is 11.2. The van der Waals surface area contributed by atoms with Crippen LogP contribution in [0.4, 0.5) is 20.2 Å². The molecule has 2 aromatic heterocycles. The molecule has 0 saturated carbocycles. The zero-order valence-electron chi connectivity index (χ0n) is 19.2. The van der Waals surface area contributed by atoms with Crippen LogP contribution in [0, 0.1) is 11.6 Å². The lowest BCUT2D eigenvalue weighted by molar-refractivity contribution is -0.116. The van der Waals surface area contributed by atoms with Crippen molar-refractivity contribution in [2.24, 2.45) is 0 Å². The smallest absolute Gasteiger partial charge is 0.265 e. The number of benzene rings is 2. The first-order valence-electron chi connectivity index (χ1n) is 11.2. The Balaban J connectivity index is 1.34. The zero-order valence-corrected chi connectivity index (χ0v) is 19.2. The molecule has 0 radical (unpaired) electrons. The van der Waals surface area contributed by atoms with E-state index in [2.05, 4.69) is 20.9 Å². The van der Waals surface area contributed by atoms with E-state index in [9.17, 15) is 28.0 Å². The first-order chi connectivity index (χ1) is 17.8. The van der Waals surface area contributed by atoms with Gasteiger partial charge in [-0.15, -0.1) is 0 Å². The standard InChI is InChI=1S/C26H19F2N5O4/c27-19-5-3-14(8-20(19)28)13-33-24-15(2-1-7-29-24)10-18(26(33)37)25(36)30-12-23(35)31-17-4-6-21-16(9-17)11-22(34)32-21/h1-10H,11-13H2,(H,30,36)(H,31,35)(H,32,34). The third-order valence-electron chi connectivity index (χ3n) is 5.84. The predicted molar refractivity (Wildman–Crippen MR) is 131 cm³/mol. The number of nitrogens with one attached hydrogen (secondary N) is 3. The number of amides is 3. The number of nitrogens with zero attached hydrogens (tertiary/aromatic N) is 2. The molecule has 3 N–H and O–H groups in total. The van der Waals surface area contributed by atoms with E-state index in [1.807, 2.05) is 0 Å². The highest BCUT2D eigenvalue weighted by molar-refractivity contribution is 6.02. The molecular weight excluding hydrogens is 484 g/mol. The fourth-order valence-electron chi connectivity index (χ4n) is 4.10. The van der Waals surface area contributed by atoms with Gasteiger partial charge < -0.3 is 16.0 Å². The average Bonchev–Trinajstić information content (AvgIpc) is 3.25. The molecule has 11 heteroatoms. The molecule has 9 nitrogen and oxygen atoms in total. The van der Waals surface area contributed by atoms with E-state index < -0.39 is 35.6 Å². The molecule has 0 bridgehead atoms. The van der Waals surface area contributed by atoms with Crippen molar-refractivity contribution < 1.29 is 23.2 Å². The Labute approximate surface area is 208 Å². The van der Waals surface area contributed by atoms with Crippen LogP contribution in [0.25, 0.3) is 11.0 Å². The van der Waals surface area contributed by atoms with Gasteiger partial charge in [0.25, 0.3) is 11.5 Å². The Kier molecular flexibility index (Phi) is 6.18. The van der Waals surface area contributed by atoms with Crippen LogP contribution in [0.3, 0.4) is 0 Å². The highest BCUT2D eigenvalue weighted by Crippen LogP contribution is 2.26. The van der Waals surface area contributed by atoms with Gasteiger partial charge in [-0.3, -0.25) is 23.7 Å². The van der Waals surface area contributed by atoms with Crippen LogP contribution < -0.4 is 21.5 Å². The van der Waals surface area contributed by atoms with Gasteiger partial charge in [-0.25, -0.2) is 13.8 Å². The van der Waals surface area contributed by atoms with Crippen molar-refractivity contribution in [1.29, 1.82) is 0 Å². The summed E-state index contributed by atoms with van der Waals surface area (Å²) in [5, 5.41) is 8.24. The molecule has 0 atom stereocenters. The zero-order chi connectivity index (χ0) is 26.1. The van der Waals surface area contributed by atoms with Crippen molar-refractivity contribution in [3.05, 3.63) is 99.5 Å². The normalized spacial score (nSPS) is 12.2. The molecule has 37 heavy (non-hydrogen) atoms. The predicted octanol–water partition coefficient (Wildman–Crippen LogP) is 2.59. The molecule has 186 valence electrons. The first kappa shape index (κ1) is 23.8. The van der Waals surface area contributed by atoms with E-state index in [0.29, 0.717) is 22.3 Å².